The summed E-state index contributed by atoms with van der Waals surface area (Å²) in [6.45, 7) is 5.88. The Labute approximate surface area is 87.7 Å². The van der Waals surface area contributed by atoms with Crippen molar-refractivity contribution in [3.05, 3.63) is 27.4 Å². The van der Waals surface area contributed by atoms with E-state index in [0.29, 0.717) is 24.1 Å². The zero-order valence-corrected chi connectivity index (χ0v) is 9.18. The molecule has 1 heterocycles. The van der Waals surface area contributed by atoms with Crippen molar-refractivity contribution in [1.82, 2.24) is 9.97 Å². The van der Waals surface area contributed by atoms with Crippen molar-refractivity contribution >= 4 is 5.78 Å². The Kier molecular flexibility index (Phi) is 2.03. The van der Waals surface area contributed by atoms with E-state index in [4.69, 9.17) is 0 Å². The second-order valence-corrected chi connectivity index (χ2v) is 4.92. The average Bonchev–Trinajstić information content (AvgIpc) is 2.44. The van der Waals surface area contributed by atoms with Gasteiger partial charge in [-0.05, 0) is 6.42 Å². The van der Waals surface area contributed by atoms with Crippen LogP contribution in [0, 0.1) is 0 Å². The largest absolute Gasteiger partial charge is 0.345 e. The van der Waals surface area contributed by atoms with E-state index < -0.39 is 0 Å². The fraction of sp³-hybridized carbons (Fsp3) is 0.545. The second-order valence-electron chi connectivity index (χ2n) is 4.92. The molecule has 80 valence electrons. The fourth-order valence-electron chi connectivity index (χ4n) is 1.91. The molecule has 1 aliphatic rings. The van der Waals surface area contributed by atoms with Gasteiger partial charge in [0.25, 0.3) is 0 Å². The molecule has 0 amide bonds. The van der Waals surface area contributed by atoms with Crippen molar-refractivity contribution in [2.24, 2.45) is 0 Å². The van der Waals surface area contributed by atoms with Crippen LogP contribution in [0.2, 0.25) is 0 Å². The van der Waals surface area contributed by atoms with Crippen LogP contribution < -0.4 is 5.69 Å². The van der Waals surface area contributed by atoms with E-state index in [9.17, 15) is 9.59 Å². The first-order valence-corrected chi connectivity index (χ1v) is 5.06. The number of hydrogen-bond donors (Lipinski definition) is 1. The third-order valence-corrected chi connectivity index (χ3v) is 2.60. The van der Waals surface area contributed by atoms with E-state index in [1.54, 1.807) is 0 Å². The van der Waals surface area contributed by atoms with Crippen LogP contribution in [0.4, 0.5) is 0 Å². The molecule has 0 saturated carbocycles. The van der Waals surface area contributed by atoms with Gasteiger partial charge in [0.15, 0.2) is 5.78 Å². The average molecular weight is 206 g/mol. The molecule has 0 spiro atoms. The van der Waals surface area contributed by atoms with Crippen molar-refractivity contribution in [3.8, 4) is 0 Å². The Morgan fingerprint density at radius 3 is 2.47 bits per heavy atom. The number of aromatic amines is 1. The minimum atomic E-state index is -0.353. The van der Waals surface area contributed by atoms with Crippen molar-refractivity contribution in [3.63, 3.8) is 0 Å². The van der Waals surface area contributed by atoms with E-state index in [1.807, 2.05) is 20.8 Å². The molecule has 0 saturated heterocycles. The Morgan fingerprint density at radius 1 is 1.20 bits per heavy atom. The Morgan fingerprint density at radius 2 is 1.87 bits per heavy atom. The van der Waals surface area contributed by atoms with E-state index >= 15 is 0 Å². The molecule has 4 nitrogen and oxygen atoms in total. The Balaban J connectivity index is 2.75. The Hall–Kier alpha value is -1.45. The first kappa shape index (κ1) is 10.1. The molecular formula is C11H14N2O2. The maximum absolute atomic E-state index is 11.7. The lowest BCUT2D eigenvalue weighted by Gasteiger charge is -2.19. The summed E-state index contributed by atoms with van der Waals surface area (Å²) >= 11 is 0. The zero-order valence-electron chi connectivity index (χ0n) is 9.18. The summed E-state index contributed by atoms with van der Waals surface area (Å²) in [5.74, 6) is 0.0960. The highest BCUT2D eigenvalue weighted by molar-refractivity contribution is 6.01. The third-order valence-electron chi connectivity index (χ3n) is 2.60. The van der Waals surface area contributed by atoms with Crippen LogP contribution in [0.5, 0.6) is 0 Å². The number of carbonyl (C=O) groups is 1. The number of rotatable bonds is 0. The first-order valence-electron chi connectivity index (χ1n) is 5.06. The number of carbonyl (C=O) groups excluding carboxylic acids is 1. The number of Topliss-reactive ketones (excluding diaryl/α,β-unsaturated/α-hetero) is 1. The quantitative estimate of drug-likeness (QED) is 0.693. The number of aryl methyl sites for hydroxylation is 1. The smallest absolute Gasteiger partial charge is 0.309 e. The summed E-state index contributed by atoms with van der Waals surface area (Å²) < 4.78 is 0. The predicted octanol–water partition coefficient (Wildman–Crippen LogP) is 1.20. The molecule has 4 heteroatoms. The van der Waals surface area contributed by atoms with Crippen LogP contribution in [0.15, 0.2) is 4.79 Å². The number of nitrogens with zero attached hydrogens (tertiary/aromatic N) is 1. The molecule has 1 aromatic rings. The highest BCUT2D eigenvalue weighted by Gasteiger charge is 2.30. The van der Waals surface area contributed by atoms with Gasteiger partial charge in [0.05, 0.1) is 11.3 Å². The predicted molar refractivity (Wildman–Crippen MR) is 56.2 cm³/mol. The molecule has 1 aromatic heterocycles. The number of fused-ring (bicyclic) bond motifs is 1. The van der Waals surface area contributed by atoms with E-state index in [1.165, 1.54) is 0 Å². The number of H-pyrrole nitrogens is 1. The minimum Gasteiger partial charge on any atom is -0.309 e. The van der Waals surface area contributed by atoms with Gasteiger partial charge in [0.1, 0.15) is 0 Å². The summed E-state index contributed by atoms with van der Waals surface area (Å²) in [5, 5.41) is 0. The van der Waals surface area contributed by atoms with Crippen molar-refractivity contribution in [2.45, 2.75) is 39.0 Å². The van der Waals surface area contributed by atoms with Crippen molar-refractivity contribution in [1.29, 1.82) is 0 Å². The van der Waals surface area contributed by atoms with Crippen molar-refractivity contribution in [2.75, 3.05) is 0 Å². The molecule has 1 N–H and O–H groups in total. The third kappa shape index (κ3) is 1.60. The molecule has 0 fully saturated rings. The molecule has 0 unspecified atom stereocenters. The van der Waals surface area contributed by atoms with Crippen LogP contribution in [0.1, 0.15) is 48.9 Å². The lowest BCUT2D eigenvalue weighted by Crippen LogP contribution is -2.25. The molecule has 0 aromatic carbocycles. The summed E-state index contributed by atoms with van der Waals surface area (Å²) in [7, 11) is 0. The summed E-state index contributed by atoms with van der Waals surface area (Å²) in [4.78, 5) is 29.6. The second kappa shape index (κ2) is 3.02. The lowest BCUT2D eigenvalue weighted by molar-refractivity contribution is 0.0992. The van der Waals surface area contributed by atoms with E-state index in [-0.39, 0.29) is 16.9 Å². The number of hydrogen-bond acceptors (Lipinski definition) is 3. The first-order chi connectivity index (χ1) is 6.89. The molecule has 15 heavy (non-hydrogen) atoms. The molecule has 0 bridgehead atoms. The van der Waals surface area contributed by atoms with Crippen LogP contribution in [-0.2, 0) is 11.8 Å². The van der Waals surface area contributed by atoms with Gasteiger partial charge in [-0.1, -0.05) is 20.8 Å². The van der Waals surface area contributed by atoms with Gasteiger partial charge in [-0.15, -0.1) is 0 Å². The van der Waals surface area contributed by atoms with Crippen LogP contribution in [0.3, 0.4) is 0 Å². The fourth-order valence-corrected chi connectivity index (χ4v) is 1.91. The van der Waals surface area contributed by atoms with Gasteiger partial charge in [0.2, 0.25) is 0 Å². The van der Waals surface area contributed by atoms with Crippen LogP contribution >= 0.6 is 0 Å². The molecule has 1 aliphatic carbocycles. The lowest BCUT2D eigenvalue weighted by atomic mass is 9.88. The van der Waals surface area contributed by atoms with Gasteiger partial charge in [-0.3, -0.25) is 4.79 Å². The highest BCUT2D eigenvalue weighted by atomic mass is 16.1. The van der Waals surface area contributed by atoms with Gasteiger partial charge in [-0.25, -0.2) is 4.79 Å². The van der Waals surface area contributed by atoms with Crippen LogP contribution in [-0.4, -0.2) is 15.8 Å². The maximum atomic E-state index is 11.7. The minimum absolute atomic E-state index is 0.0960. The zero-order chi connectivity index (χ0) is 11.2. The number of aromatic nitrogens is 2. The standard InChI is InChI=1S/C11H14N2O2/c1-11(2,3)9-8-6(4-5-7(8)14)12-10(15)13-9/h4-5H2,1-3H3,(H,12,13,15). The van der Waals surface area contributed by atoms with Gasteiger partial charge in [-0.2, -0.15) is 4.98 Å². The Bertz CT molecular complexity index is 480. The normalized spacial score (nSPS) is 15.5. The molecule has 0 aliphatic heterocycles. The molecule has 0 radical (unpaired) electrons. The summed E-state index contributed by atoms with van der Waals surface area (Å²) in [5.41, 5.74) is 1.40. The van der Waals surface area contributed by atoms with Gasteiger partial charge in [0, 0.05) is 17.5 Å². The monoisotopic (exact) mass is 206 g/mol. The van der Waals surface area contributed by atoms with Crippen molar-refractivity contribution < 1.29 is 4.79 Å². The van der Waals surface area contributed by atoms with Gasteiger partial charge < -0.3 is 4.98 Å². The summed E-state index contributed by atoms with van der Waals surface area (Å²) in [6.07, 6.45) is 1.12. The number of nitrogens with one attached hydrogen (secondary N) is 1. The highest BCUT2D eigenvalue weighted by Crippen LogP contribution is 2.29. The molecule has 0 atom stereocenters. The van der Waals surface area contributed by atoms with Crippen LogP contribution in [0.25, 0.3) is 0 Å². The number of ketones is 1. The molecule has 2 rings (SSSR count). The van der Waals surface area contributed by atoms with Gasteiger partial charge >= 0.3 is 5.69 Å². The SMILES string of the molecule is CC(C)(C)c1nc(=O)[nH]c2c1C(=O)CC2. The topological polar surface area (TPSA) is 62.8 Å². The van der Waals surface area contributed by atoms with E-state index in [0.717, 1.165) is 5.69 Å². The maximum Gasteiger partial charge on any atom is 0.345 e. The molecular weight excluding hydrogens is 192 g/mol. The van der Waals surface area contributed by atoms with E-state index in [2.05, 4.69) is 9.97 Å². The summed E-state index contributed by atoms with van der Waals surface area (Å²) in [6, 6.07) is 0.